The van der Waals surface area contributed by atoms with Crippen molar-refractivity contribution in [3.05, 3.63) is 45.4 Å². The van der Waals surface area contributed by atoms with E-state index in [9.17, 15) is 14.4 Å². The summed E-state index contributed by atoms with van der Waals surface area (Å²) < 4.78 is 9.87. The molecular formula is C17H18N2O5S. The maximum absolute atomic E-state index is 11.9. The van der Waals surface area contributed by atoms with Crippen LogP contribution in [0.3, 0.4) is 0 Å². The Labute approximate surface area is 149 Å². The van der Waals surface area contributed by atoms with Crippen LogP contribution < -0.4 is 5.32 Å². The highest BCUT2D eigenvalue weighted by Gasteiger charge is 2.16. The zero-order valence-electron chi connectivity index (χ0n) is 14.1. The molecule has 0 radical (unpaired) electrons. The third kappa shape index (κ3) is 5.12. The lowest BCUT2D eigenvalue weighted by Gasteiger charge is -2.07. The summed E-state index contributed by atoms with van der Waals surface area (Å²) in [6.07, 6.45) is 0. The third-order valence-corrected chi connectivity index (χ3v) is 4.16. The van der Waals surface area contributed by atoms with Gasteiger partial charge in [0.1, 0.15) is 4.88 Å². The first kappa shape index (κ1) is 18.6. The number of rotatable bonds is 6. The summed E-state index contributed by atoms with van der Waals surface area (Å²) >= 11 is 1.23. The van der Waals surface area contributed by atoms with E-state index in [4.69, 9.17) is 9.47 Å². The highest BCUT2D eigenvalue weighted by molar-refractivity contribution is 7.13. The zero-order valence-corrected chi connectivity index (χ0v) is 14.9. The monoisotopic (exact) mass is 362 g/mol. The van der Waals surface area contributed by atoms with E-state index in [2.05, 4.69) is 10.3 Å². The predicted molar refractivity (Wildman–Crippen MR) is 92.9 cm³/mol. The van der Waals surface area contributed by atoms with Crippen molar-refractivity contribution in [1.29, 1.82) is 0 Å². The number of carbonyl (C=O) groups excluding carboxylic acids is 3. The van der Waals surface area contributed by atoms with Gasteiger partial charge in [0.25, 0.3) is 5.91 Å². The Morgan fingerprint density at radius 3 is 2.32 bits per heavy atom. The Hall–Kier alpha value is -2.74. The van der Waals surface area contributed by atoms with Crippen molar-refractivity contribution in [2.24, 2.45) is 0 Å². The van der Waals surface area contributed by atoms with Crippen molar-refractivity contribution >= 4 is 34.9 Å². The minimum atomic E-state index is -0.573. The summed E-state index contributed by atoms with van der Waals surface area (Å²) in [4.78, 5) is 39.9. The van der Waals surface area contributed by atoms with Crippen molar-refractivity contribution in [2.45, 2.75) is 20.8 Å². The quantitative estimate of drug-likeness (QED) is 0.794. The summed E-state index contributed by atoms with van der Waals surface area (Å²) in [6, 6.07) is 6.23. The molecule has 1 aromatic carbocycles. The van der Waals surface area contributed by atoms with Gasteiger partial charge in [-0.05, 0) is 45.0 Å². The second-order valence-corrected chi connectivity index (χ2v) is 6.27. The second-order valence-electron chi connectivity index (χ2n) is 5.07. The smallest absolute Gasteiger partial charge is 0.350 e. The molecule has 0 aliphatic carbocycles. The van der Waals surface area contributed by atoms with E-state index in [0.717, 1.165) is 5.01 Å². The molecule has 132 valence electrons. The first-order valence-electron chi connectivity index (χ1n) is 7.59. The van der Waals surface area contributed by atoms with E-state index in [1.807, 2.05) is 0 Å². The van der Waals surface area contributed by atoms with Crippen molar-refractivity contribution in [1.82, 2.24) is 4.98 Å². The summed E-state index contributed by atoms with van der Waals surface area (Å²) in [7, 11) is 0. The number of anilines is 1. The molecule has 1 aromatic heterocycles. The molecule has 1 amide bonds. The van der Waals surface area contributed by atoms with E-state index >= 15 is 0 Å². The van der Waals surface area contributed by atoms with Crippen LogP contribution in [-0.4, -0.2) is 36.0 Å². The Morgan fingerprint density at radius 1 is 1.08 bits per heavy atom. The number of nitrogens with zero attached hydrogens (tertiary/aromatic N) is 1. The molecule has 7 nitrogen and oxygen atoms in total. The molecule has 2 aromatic rings. The number of aryl methyl sites for hydroxylation is 2. The molecule has 0 atom stereocenters. The number of carbonyl (C=O) groups is 3. The highest BCUT2D eigenvalue weighted by atomic mass is 32.1. The Morgan fingerprint density at radius 2 is 1.76 bits per heavy atom. The number of hydrogen-bond acceptors (Lipinski definition) is 7. The molecule has 1 N–H and O–H groups in total. The van der Waals surface area contributed by atoms with Gasteiger partial charge < -0.3 is 14.8 Å². The molecule has 0 spiro atoms. The van der Waals surface area contributed by atoms with E-state index < -0.39 is 24.5 Å². The molecule has 0 aliphatic rings. The molecular weight excluding hydrogens is 344 g/mol. The molecule has 8 heteroatoms. The number of benzene rings is 1. The van der Waals surface area contributed by atoms with Gasteiger partial charge in [0.15, 0.2) is 6.61 Å². The van der Waals surface area contributed by atoms with Gasteiger partial charge in [0.2, 0.25) is 0 Å². The number of nitrogens with one attached hydrogen (secondary N) is 1. The molecule has 0 saturated carbocycles. The van der Waals surface area contributed by atoms with Gasteiger partial charge in [0, 0.05) is 5.69 Å². The molecule has 0 saturated heterocycles. The van der Waals surface area contributed by atoms with Crippen molar-refractivity contribution in [2.75, 3.05) is 18.5 Å². The summed E-state index contributed by atoms with van der Waals surface area (Å²) in [5.41, 5.74) is 1.46. The second kappa shape index (κ2) is 8.39. The van der Waals surface area contributed by atoms with Crippen molar-refractivity contribution in [3.63, 3.8) is 0 Å². The van der Waals surface area contributed by atoms with Crippen LogP contribution in [0.5, 0.6) is 0 Å². The normalized spacial score (nSPS) is 10.2. The minimum absolute atomic E-state index is 0.293. The Balaban J connectivity index is 1.87. The fourth-order valence-corrected chi connectivity index (χ4v) is 2.83. The fraction of sp³-hybridized carbons (Fsp3) is 0.294. The van der Waals surface area contributed by atoms with Crippen LogP contribution in [0.2, 0.25) is 0 Å². The van der Waals surface area contributed by atoms with Crippen molar-refractivity contribution < 1.29 is 23.9 Å². The third-order valence-electron chi connectivity index (χ3n) is 3.10. The van der Waals surface area contributed by atoms with Gasteiger partial charge in [0.05, 0.1) is 22.9 Å². The molecule has 0 fully saturated rings. The molecule has 1 heterocycles. The van der Waals surface area contributed by atoms with Crippen LogP contribution in [0.25, 0.3) is 0 Å². The minimum Gasteiger partial charge on any atom is -0.462 e. The lowest BCUT2D eigenvalue weighted by atomic mass is 10.2. The maximum Gasteiger partial charge on any atom is 0.350 e. The van der Waals surface area contributed by atoms with Gasteiger partial charge in [-0.1, -0.05) is 0 Å². The standard InChI is InChI=1S/C17H18N2O5S/c1-4-23-16(21)12-5-7-13(8-6-12)19-14(20)9-24-17(22)15-10(2)18-11(3)25-15/h5-8H,4,9H2,1-3H3,(H,19,20). The summed E-state index contributed by atoms with van der Waals surface area (Å²) in [6.45, 7) is 5.12. The van der Waals surface area contributed by atoms with E-state index in [1.54, 1.807) is 45.0 Å². The van der Waals surface area contributed by atoms with Crippen LogP contribution in [0.15, 0.2) is 24.3 Å². The first-order valence-corrected chi connectivity index (χ1v) is 8.40. The fourth-order valence-electron chi connectivity index (χ4n) is 2.02. The van der Waals surface area contributed by atoms with Gasteiger partial charge in [-0.3, -0.25) is 4.79 Å². The Bertz CT molecular complexity index is 783. The van der Waals surface area contributed by atoms with Crippen LogP contribution in [0.1, 0.15) is 37.7 Å². The number of hydrogen-bond donors (Lipinski definition) is 1. The number of ether oxygens (including phenoxy) is 2. The SMILES string of the molecule is CCOC(=O)c1ccc(NC(=O)COC(=O)c2sc(C)nc2C)cc1. The van der Waals surface area contributed by atoms with Gasteiger partial charge >= 0.3 is 11.9 Å². The Kier molecular flexibility index (Phi) is 6.24. The molecule has 25 heavy (non-hydrogen) atoms. The van der Waals surface area contributed by atoms with Crippen molar-refractivity contribution in [3.8, 4) is 0 Å². The number of aromatic nitrogens is 1. The summed E-state index contributed by atoms with van der Waals surface area (Å²) in [5.74, 6) is -1.48. The van der Waals surface area contributed by atoms with Crippen LogP contribution in [0, 0.1) is 13.8 Å². The maximum atomic E-state index is 11.9. The largest absolute Gasteiger partial charge is 0.462 e. The van der Waals surface area contributed by atoms with E-state index in [-0.39, 0.29) is 0 Å². The van der Waals surface area contributed by atoms with Crippen LogP contribution in [0.4, 0.5) is 5.69 Å². The number of amides is 1. The molecule has 0 bridgehead atoms. The number of esters is 2. The lowest BCUT2D eigenvalue weighted by Crippen LogP contribution is -2.21. The number of thiazole rings is 1. The van der Waals surface area contributed by atoms with Crippen LogP contribution >= 0.6 is 11.3 Å². The lowest BCUT2D eigenvalue weighted by molar-refractivity contribution is -0.119. The van der Waals surface area contributed by atoms with Crippen LogP contribution in [-0.2, 0) is 14.3 Å². The van der Waals surface area contributed by atoms with E-state index in [0.29, 0.717) is 28.4 Å². The van der Waals surface area contributed by atoms with Gasteiger partial charge in [-0.15, -0.1) is 11.3 Å². The topological polar surface area (TPSA) is 94.6 Å². The molecule has 0 aliphatic heterocycles. The first-order chi connectivity index (χ1) is 11.9. The molecule has 2 rings (SSSR count). The highest BCUT2D eigenvalue weighted by Crippen LogP contribution is 2.18. The molecule has 0 unspecified atom stereocenters. The van der Waals surface area contributed by atoms with Gasteiger partial charge in [-0.2, -0.15) is 0 Å². The van der Waals surface area contributed by atoms with E-state index in [1.165, 1.54) is 11.3 Å². The summed E-state index contributed by atoms with van der Waals surface area (Å²) in [5, 5.41) is 3.35. The average Bonchev–Trinajstić information content (AvgIpc) is 2.92. The predicted octanol–water partition coefficient (Wildman–Crippen LogP) is 2.73. The van der Waals surface area contributed by atoms with Gasteiger partial charge in [-0.25, -0.2) is 14.6 Å². The zero-order chi connectivity index (χ0) is 18.4. The average molecular weight is 362 g/mol.